The smallest absolute Gasteiger partial charge is 0.491 e. The molecular formula is C16H23BO4. The normalized spacial score (nSPS) is 24.2. The van der Waals surface area contributed by atoms with Gasteiger partial charge in [0.05, 0.1) is 12.2 Å². The Morgan fingerprint density at radius 3 is 2.76 bits per heavy atom. The van der Waals surface area contributed by atoms with Gasteiger partial charge in [0, 0.05) is 18.3 Å². The first kappa shape index (κ1) is 14.9. The zero-order valence-electron chi connectivity index (χ0n) is 12.5. The maximum absolute atomic E-state index is 9.51. The van der Waals surface area contributed by atoms with E-state index in [-0.39, 0.29) is 11.7 Å². The Balaban J connectivity index is 1.74. The minimum absolute atomic E-state index is 0.00556. The average Bonchev–Trinajstić information content (AvgIpc) is 2.88. The topological polar surface area (TPSA) is 58.9 Å². The second kappa shape index (κ2) is 5.99. The molecule has 2 N–H and O–H groups in total. The molecule has 0 aromatic heterocycles. The van der Waals surface area contributed by atoms with Crippen LogP contribution in [0, 0.1) is 6.92 Å². The first-order chi connectivity index (χ1) is 10.1. The molecule has 1 unspecified atom stereocenters. The minimum Gasteiger partial charge on any atom is -0.491 e. The summed E-state index contributed by atoms with van der Waals surface area (Å²) in [7, 11) is -1.50. The van der Waals surface area contributed by atoms with Gasteiger partial charge in [0.1, 0.15) is 11.9 Å². The maximum atomic E-state index is 9.51. The fraction of sp³-hybridized carbons (Fsp3) is 0.625. The Kier molecular flexibility index (Phi) is 4.25. The number of rotatable bonds is 3. The Morgan fingerprint density at radius 2 is 2.05 bits per heavy atom. The van der Waals surface area contributed by atoms with Crippen molar-refractivity contribution in [2.24, 2.45) is 0 Å². The second-order valence-electron chi connectivity index (χ2n) is 6.39. The highest BCUT2D eigenvalue weighted by Crippen LogP contribution is 2.40. The Bertz CT molecular complexity index is 497. The SMILES string of the molecule is Cc1ccc(OC2CCOC3(CCCC3)C2)c(B(O)O)c1. The Morgan fingerprint density at radius 1 is 1.29 bits per heavy atom. The molecular weight excluding hydrogens is 267 g/mol. The van der Waals surface area contributed by atoms with Crippen LogP contribution >= 0.6 is 0 Å². The predicted molar refractivity (Wildman–Crippen MR) is 81.8 cm³/mol. The lowest BCUT2D eigenvalue weighted by Crippen LogP contribution is -2.43. The highest BCUT2D eigenvalue weighted by molar-refractivity contribution is 6.59. The first-order valence-corrected chi connectivity index (χ1v) is 7.85. The van der Waals surface area contributed by atoms with E-state index in [1.807, 2.05) is 19.1 Å². The van der Waals surface area contributed by atoms with Crippen LogP contribution in [-0.2, 0) is 4.74 Å². The van der Waals surface area contributed by atoms with E-state index in [0.717, 1.165) is 37.9 Å². The van der Waals surface area contributed by atoms with Crippen molar-refractivity contribution in [2.75, 3.05) is 6.61 Å². The second-order valence-corrected chi connectivity index (χ2v) is 6.39. The van der Waals surface area contributed by atoms with Gasteiger partial charge >= 0.3 is 7.12 Å². The van der Waals surface area contributed by atoms with Gasteiger partial charge in [0.25, 0.3) is 0 Å². The molecule has 0 amide bonds. The van der Waals surface area contributed by atoms with Crippen LogP contribution in [0.2, 0.25) is 0 Å². The summed E-state index contributed by atoms with van der Waals surface area (Å²) in [6.07, 6.45) is 6.57. The standard InChI is InChI=1S/C16H23BO4/c1-12-4-5-15(14(10-12)17(18)19)21-13-6-9-20-16(11-13)7-2-3-8-16/h4-5,10,13,18-19H,2-3,6-9,11H2,1H3. The van der Waals surface area contributed by atoms with Crippen LogP contribution in [0.3, 0.4) is 0 Å². The summed E-state index contributed by atoms with van der Waals surface area (Å²) in [5.74, 6) is 0.579. The summed E-state index contributed by atoms with van der Waals surface area (Å²) in [4.78, 5) is 0. The number of hydrogen-bond donors (Lipinski definition) is 2. The zero-order valence-corrected chi connectivity index (χ0v) is 12.5. The van der Waals surface area contributed by atoms with Gasteiger partial charge in [-0.3, -0.25) is 0 Å². The van der Waals surface area contributed by atoms with Crippen LogP contribution in [0.15, 0.2) is 18.2 Å². The van der Waals surface area contributed by atoms with Gasteiger partial charge in [-0.15, -0.1) is 0 Å². The Labute approximate surface area is 126 Å². The van der Waals surface area contributed by atoms with E-state index in [4.69, 9.17) is 9.47 Å². The number of benzene rings is 1. The van der Waals surface area contributed by atoms with Crippen LogP contribution in [-0.4, -0.2) is 35.5 Å². The van der Waals surface area contributed by atoms with E-state index >= 15 is 0 Å². The van der Waals surface area contributed by atoms with E-state index in [1.54, 1.807) is 6.07 Å². The summed E-state index contributed by atoms with van der Waals surface area (Å²) in [6, 6.07) is 5.54. The van der Waals surface area contributed by atoms with Crippen molar-refractivity contribution in [1.82, 2.24) is 0 Å². The van der Waals surface area contributed by atoms with Gasteiger partial charge in [-0.05, 0) is 25.8 Å². The molecule has 1 saturated carbocycles. The third-order valence-corrected chi connectivity index (χ3v) is 4.70. The van der Waals surface area contributed by atoms with Crippen LogP contribution < -0.4 is 10.2 Å². The third-order valence-electron chi connectivity index (χ3n) is 4.70. The van der Waals surface area contributed by atoms with E-state index < -0.39 is 7.12 Å². The summed E-state index contributed by atoms with van der Waals surface area (Å²) in [5, 5.41) is 19.0. The van der Waals surface area contributed by atoms with E-state index in [1.165, 1.54) is 12.8 Å². The predicted octanol–water partition coefficient (Wildman–Crippen LogP) is 1.55. The van der Waals surface area contributed by atoms with Crippen molar-refractivity contribution in [3.05, 3.63) is 23.8 Å². The van der Waals surface area contributed by atoms with Gasteiger partial charge in [-0.1, -0.05) is 30.5 Å². The molecule has 1 aromatic carbocycles. The van der Waals surface area contributed by atoms with Gasteiger partial charge in [0.2, 0.25) is 0 Å². The van der Waals surface area contributed by atoms with Crippen molar-refractivity contribution in [1.29, 1.82) is 0 Å². The third kappa shape index (κ3) is 3.25. The molecule has 1 aliphatic heterocycles. The van der Waals surface area contributed by atoms with Crippen molar-refractivity contribution in [3.8, 4) is 5.75 Å². The van der Waals surface area contributed by atoms with Gasteiger partial charge in [0.15, 0.2) is 0 Å². The van der Waals surface area contributed by atoms with E-state index in [2.05, 4.69) is 0 Å². The highest BCUT2D eigenvalue weighted by atomic mass is 16.5. The van der Waals surface area contributed by atoms with E-state index in [9.17, 15) is 10.0 Å². The van der Waals surface area contributed by atoms with Crippen molar-refractivity contribution in [3.63, 3.8) is 0 Å². The van der Waals surface area contributed by atoms with Crippen molar-refractivity contribution in [2.45, 2.75) is 57.2 Å². The highest BCUT2D eigenvalue weighted by Gasteiger charge is 2.41. The lowest BCUT2D eigenvalue weighted by atomic mass is 9.78. The quantitative estimate of drug-likeness (QED) is 0.829. The molecule has 3 rings (SSSR count). The summed E-state index contributed by atoms with van der Waals surface area (Å²) in [5.41, 5.74) is 1.44. The molecule has 2 fully saturated rings. The molecule has 1 aliphatic carbocycles. The Hall–Kier alpha value is -1.04. The molecule has 1 atom stereocenters. The first-order valence-electron chi connectivity index (χ1n) is 7.85. The summed E-state index contributed by atoms with van der Waals surface area (Å²) >= 11 is 0. The number of aryl methyl sites for hydroxylation is 1. The lowest BCUT2D eigenvalue weighted by Gasteiger charge is -2.38. The molecule has 4 nitrogen and oxygen atoms in total. The number of hydrogen-bond acceptors (Lipinski definition) is 4. The van der Waals surface area contributed by atoms with Crippen LogP contribution in [0.1, 0.15) is 44.1 Å². The molecule has 21 heavy (non-hydrogen) atoms. The molecule has 114 valence electrons. The molecule has 1 spiro atoms. The minimum atomic E-state index is -1.50. The van der Waals surface area contributed by atoms with Crippen molar-refractivity contribution >= 4 is 12.6 Å². The number of ether oxygens (including phenoxy) is 2. The van der Waals surface area contributed by atoms with Gasteiger partial charge in [-0.25, -0.2) is 0 Å². The monoisotopic (exact) mass is 290 g/mol. The lowest BCUT2D eigenvalue weighted by molar-refractivity contribution is -0.108. The maximum Gasteiger partial charge on any atom is 0.492 e. The summed E-state index contributed by atoms with van der Waals surface area (Å²) in [6.45, 7) is 2.66. The largest absolute Gasteiger partial charge is 0.492 e. The van der Waals surface area contributed by atoms with Crippen LogP contribution in [0.25, 0.3) is 0 Å². The van der Waals surface area contributed by atoms with Gasteiger partial charge < -0.3 is 19.5 Å². The molecule has 1 aromatic rings. The fourth-order valence-corrected chi connectivity index (χ4v) is 3.61. The summed E-state index contributed by atoms with van der Waals surface area (Å²) < 4.78 is 12.1. The average molecular weight is 290 g/mol. The molecule has 0 radical (unpaired) electrons. The molecule has 1 heterocycles. The van der Waals surface area contributed by atoms with Crippen LogP contribution in [0.5, 0.6) is 5.75 Å². The van der Waals surface area contributed by atoms with Crippen LogP contribution in [0.4, 0.5) is 0 Å². The van der Waals surface area contributed by atoms with E-state index in [0.29, 0.717) is 11.2 Å². The van der Waals surface area contributed by atoms with Crippen molar-refractivity contribution < 1.29 is 19.5 Å². The molecule has 2 aliphatic rings. The molecule has 1 saturated heterocycles. The molecule has 5 heteroatoms. The molecule has 0 bridgehead atoms. The zero-order chi connectivity index (χ0) is 14.9. The van der Waals surface area contributed by atoms with Gasteiger partial charge in [-0.2, -0.15) is 0 Å². The fourth-order valence-electron chi connectivity index (χ4n) is 3.61.